The van der Waals surface area contributed by atoms with E-state index < -0.39 is 10.1 Å². The molecule has 1 amide bonds. The van der Waals surface area contributed by atoms with Crippen LogP contribution in [0.2, 0.25) is 0 Å². The van der Waals surface area contributed by atoms with Crippen molar-refractivity contribution in [2.45, 2.75) is 27.3 Å². The number of amides is 1. The van der Waals surface area contributed by atoms with Crippen LogP contribution in [0.4, 0.5) is 0 Å². The highest BCUT2D eigenvalue weighted by Crippen LogP contribution is 2.21. The van der Waals surface area contributed by atoms with Crippen LogP contribution in [0.15, 0.2) is 66.7 Å². The van der Waals surface area contributed by atoms with E-state index in [9.17, 15) is 13.2 Å². The molecule has 0 fully saturated rings. The first-order valence-electron chi connectivity index (χ1n) is 10.1. The second-order valence-corrected chi connectivity index (χ2v) is 9.58. The summed E-state index contributed by atoms with van der Waals surface area (Å²) < 4.78 is 28.6. The summed E-state index contributed by atoms with van der Waals surface area (Å²) in [6.45, 7) is 6.62. The van der Waals surface area contributed by atoms with Gasteiger partial charge in [0.2, 0.25) is 0 Å². The predicted molar refractivity (Wildman–Crippen MR) is 120 cm³/mol. The molecule has 5 nitrogen and oxygen atoms in total. The molecule has 0 aromatic heterocycles. The molecule has 30 heavy (non-hydrogen) atoms. The maximum Gasteiger partial charge on any atom is 0.308 e. The van der Waals surface area contributed by atoms with E-state index in [-0.39, 0.29) is 23.3 Å². The van der Waals surface area contributed by atoms with Crippen molar-refractivity contribution in [2.75, 3.05) is 12.3 Å². The van der Waals surface area contributed by atoms with Gasteiger partial charge in [0.1, 0.15) is 5.75 Å². The van der Waals surface area contributed by atoms with Crippen LogP contribution in [0.25, 0.3) is 10.8 Å². The Bertz CT molecular complexity index is 1140. The normalized spacial score (nSPS) is 11.6. The first-order chi connectivity index (χ1) is 14.3. The largest absolute Gasteiger partial charge is 0.382 e. The zero-order valence-electron chi connectivity index (χ0n) is 17.5. The fourth-order valence-corrected chi connectivity index (χ4v) is 3.80. The van der Waals surface area contributed by atoms with Crippen LogP contribution in [-0.4, -0.2) is 31.5 Å². The molecule has 158 valence electrons. The summed E-state index contributed by atoms with van der Waals surface area (Å²) in [6, 6.07) is 20.6. The molecule has 0 atom stereocenters. The van der Waals surface area contributed by atoms with Crippen molar-refractivity contribution in [1.82, 2.24) is 4.90 Å². The third-order valence-electron chi connectivity index (χ3n) is 4.72. The number of carbonyl (C=O) groups is 1. The van der Waals surface area contributed by atoms with Gasteiger partial charge in [0, 0.05) is 18.7 Å². The van der Waals surface area contributed by atoms with Gasteiger partial charge in [0.25, 0.3) is 5.91 Å². The Morgan fingerprint density at radius 1 is 0.967 bits per heavy atom. The lowest BCUT2D eigenvalue weighted by Gasteiger charge is -2.25. The molecular formula is C24H27NO4S. The zero-order valence-corrected chi connectivity index (χ0v) is 18.4. The van der Waals surface area contributed by atoms with Crippen LogP contribution in [-0.2, 0) is 16.7 Å². The van der Waals surface area contributed by atoms with Gasteiger partial charge < -0.3 is 9.08 Å². The van der Waals surface area contributed by atoms with E-state index in [1.165, 1.54) is 6.92 Å². The van der Waals surface area contributed by atoms with Gasteiger partial charge in [-0.3, -0.25) is 4.79 Å². The van der Waals surface area contributed by atoms with Gasteiger partial charge in [-0.25, -0.2) is 0 Å². The van der Waals surface area contributed by atoms with E-state index in [1.54, 1.807) is 23.1 Å². The Balaban J connectivity index is 1.86. The monoisotopic (exact) mass is 425 g/mol. The van der Waals surface area contributed by atoms with Gasteiger partial charge in [0.15, 0.2) is 0 Å². The highest BCUT2D eigenvalue weighted by atomic mass is 32.2. The Kier molecular flexibility index (Phi) is 6.77. The van der Waals surface area contributed by atoms with Crippen molar-refractivity contribution < 1.29 is 17.4 Å². The number of hydrogen-bond donors (Lipinski definition) is 0. The Morgan fingerprint density at radius 3 is 2.40 bits per heavy atom. The van der Waals surface area contributed by atoms with Crippen molar-refractivity contribution in [3.05, 3.63) is 77.9 Å². The first kappa shape index (κ1) is 21.8. The summed E-state index contributed by atoms with van der Waals surface area (Å²) in [5.41, 5.74) is 1.45. The van der Waals surface area contributed by atoms with Gasteiger partial charge in [-0.1, -0.05) is 56.3 Å². The molecule has 0 aliphatic carbocycles. The van der Waals surface area contributed by atoms with Crippen LogP contribution in [0.1, 0.15) is 36.7 Å². The minimum absolute atomic E-state index is 0.0537. The second-order valence-electron chi connectivity index (χ2n) is 7.72. The molecule has 3 rings (SSSR count). The topological polar surface area (TPSA) is 63.7 Å². The lowest BCUT2D eigenvalue weighted by Crippen LogP contribution is -2.33. The molecule has 0 spiro atoms. The molecule has 0 unspecified atom stereocenters. The SMILES string of the molecule is CCS(=O)(=O)Oc1cccc(CN(CC(C)C)C(=O)c2ccc3ccccc3c2)c1. The summed E-state index contributed by atoms with van der Waals surface area (Å²) >= 11 is 0. The molecule has 0 heterocycles. The molecule has 6 heteroatoms. The lowest BCUT2D eigenvalue weighted by atomic mass is 10.1. The van der Waals surface area contributed by atoms with Gasteiger partial charge >= 0.3 is 10.1 Å². The number of hydrogen-bond acceptors (Lipinski definition) is 4. The predicted octanol–water partition coefficient (Wildman–Crippen LogP) is 4.87. The molecule has 0 aliphatic heterocycles. The summed E-state index contributed by atoms with van der Waals surface area (Å²) in [5.74, 6) is 0.394. The molecule has 0 aliphatic rings. The van der Waals surface area contributed by atoms with Gasteiger partial charge in [-0.15, -0.1) is 0 Å². The van der Waals surface area contributed by atoms with Crippen molar-refractivity contribution in [1.29, 1.82) is 0 Å². The van der Waals surface area contributed by atoms with Crippen LogP contribution >= 0.6 is 0 Å². The quantitative estimate of drug-likeness (QED) is 0.483. The average Bonchev–Trinajstić information content (AvgIpc) is 2.72. The smallest absolute Gasteiger partial charge is 0.308 e. The van der Waals surface area contributed by atoms with Gasteiger partial charge in [-0.2, -0.15) is 8.42 Å². The van der Waals surface area contributed by atoms with Crippen LogP contribution < -0.4 is 4.18 Å². The highest BCUT2D eigenvalue weighted by molar-refractivity contribution is 7.87. The summed E-state index contributed by atoms with van der Waals surface area (Å²) in [4.78, 5) is 15.1. The van der Waals surface area contributed by atoms with Crippen LogP contribution in [0, 0.1) is 5.92 Å². The highest BCUT2D eigenvalue weighted by Gasteiger charge is 2.18. The standard InChI is InChI=1S/C24H27NO4S/c1-4-30(27,28)29-23-11-7-8-19(14-23)17-25(16-18(2)3)24(26)22-13-12-20-9-5-6-10-21(20)15-22/h5-15,18H,4,16-17H2,1-3H3. The van der Waals surface area contributed by atoms with Crippen molar-refractivity contribution >= 4 is 26.8 Å². The molecule has 3 aromatic rings. The van der Waals surface area contributed by atoms with E-state index >= 15 is 0 Å². The number of rotatable bonds is 8. The second kappa shape index (κ2) is 9.30. The van der Waals surface area contributed by atoms with Crippen LogP contribution in [0.3, 0.4) is 0 Å². The molecule has 3 aromatic carbocycles. The van der Waals surface area contributed by atoms with E-state index in [2.05, 4.69) is 13.8 Å². The maximum absolute atomic E-state index is 13.3. The number of benzene rings is 3. The molecule has 0 saturated carbocycles. The van der Waals surface area contributed by atoms with E-state index in [4.69, 9.17) is 4.18 Å². The minimum Gasteiger partial charge on any atom is -0.382 e. The first-order valence-corrected chi connectivity index (χ1v) is 11.6. The Labute approximate surface area is 178 Å². The fourth-order valence-electron chi connectivity index (χ4n) is 3.29. The zero-order chi connectivity index (χ0) is 21.7. The summed E-state index contributed by atoms with van der Waals surface area (Å²) in [7, 11) is -3.60. The summed E-state index contributed by atoms with van der Waals surface area (Å²) in [5, 5.41) is 2.11. The molecule has 0 bridgehead atoms. The number of nitrogens with zero attached hydrogens (tertiary/aromatic N) is 1. The van der Waals surface area contributed by atoms with E-state index in [0.29, 0.717) is 18.7 Å². The van der Waals surface area contributed by atoms with Crippen molar-refractivity contribution in [2.24, 2.45) is 5.92 Å². The third-order valence-corrected chi connectivity index (χ3v) is 5.87. The van der Waals surface area contributed by atoms with Crippen molar-refractivity contribution in [3.63, 3.8) is 0 Å². The molecule has 0 N–H and O–H groups in total. The lowest BCUT2D eigenvalue weighted by molar-refractivity contribution is 0.0722. The minimum atomic E-state index is -3.60. The molecule has 0 saturated heterocycles. The maximum atomic E-state index is 13.3. The van der Waals surface area contributed by atoms with Gasteiger partial charge in [0.05, 0.1) is 5.75 Å². The van der Waals surface area contributed by atoms with Crippen molar-refractivity contribution in [3.8, 4) is 5.75 Å². The summed E-state index contributed by atoms with van der Waals surface area (Å²) in [6.07, 6.45) is 0. The number of fused-ring (bicyclic) bond motifs is 1. The van der Waals surface area contributed by atoms with Crippen LogP contribution in [0.5, 0.6) is 5.75 Å². The van der Waals surface area contributed by atoms with Gasteiger partial charge in [-0.05, 0) is 53.4 Å². The molecule has 0 radical (unpaired) electrons. The fraction of sp³-hybridized carbons (Fsp3) is 0.292. The number of carbonyl (C=O) groups excluding carboxylic acids is 1. The van der Waals surface area contributed by atoms with E-state index in [0.717, 1.165) is 16.3 Å². The molecular weight excluding hydrogens is 398 g/mol. The Hall–Kier alpha value is -2.86. The third kappa shape index (κ3) is 5.60. The average molecular weight is 426 g/mol. The Morgan fingerprint density at radius 2 is 1.70 bits per heavy atom. The van der Waals surface area contributed by atoms with E-state index in [1.807, 2.05) is 48.5 Å².